The summed E-state index contributed by atoms with van der Waals surface area (Å²) in [4.78, 5) is 18.9. The van der Waals surface area contributed by atoms with Crippen LogP contribution in [0.2, 0.25) is 0 Å². The third-order valence-electron chi connectivity index (χ3n) is 1.76. The van der Waals surface area contributed by atoms with Gasteiger partial charge in [-0.05, 0) is 18.2 Å². The van der Waals surface area contributed by atoms with E-state index >= 15 is 0 Å². The summed E-state index contributed by atoms with van der Waals surface area (Å²) in [7, 11) is 0. The van der Waals surface area contributed by atoms with Crippen LogP contribution in [0.25, 0.3) is 10.9 Å². The number of carbonyl (C=O) groups is 1. The van der Waals surface area contributed by atoms with Crippen LogP contribution in [-0.2, 0) is 0 Å². The fourth-order valence-electron chi connectivity index (χ4n) is 1.20. The molecular weight excluding hydrogens is 166 g/mol. The van der Waals surface area contributed by atoms with Crippen molar-refractivity contribution in [1.82, 2.24) is 9.97 Å². The second-order valence-electron chi connectivity index (χ2n) is 2.59. The maximum absolute atomic E-state index is 10.9. The molecule has 2 aromatic rings. The normalized spacial score (nSPS) is 10.2. The van der Waals surface area contributed by atoms with Crippen molar-refractivity contribution in [3.8, 4) is 0 Å². The number of nitrogens with zero attached hydrogens (tertiary/aromatic N) is 2. The summed E-state index contributed by atoms with van der Waals surface area (Å²) < 4.78 is 0. The van der Waals surface area contributed by atoms with E-state index in [2.05, 4.69) is 9.97 Å². The highest BCUT2D eigenvalue weighted by atomic mass is 16.1. The smallest absolute Gasteiger partial charge is 0.268 e. The second kappa shape index (κ2) is 2.82. The van der Waals surface area contributed by atoms with Crippen molar-refractivity contribution in [2.24, 2.45) is 5.73 Å². The maximum Gasteiger partial charge on any atom is 0.268 e. The molecule has 0 unspecified atom stereocenters. The second-order valence-corrected chi connectivity index (χ2v) is 2.59. The Hall–Kier alpha value is -1.97. The van der Waals surface area contributed by atoms with E-state index in [-0.39, 0.29) is 5.69 Å². The lowest BCUT2D eigenvalue weighted by atomic mass is 10.2. The molecule has 0 spiro atoms. The van der Waals surface area contributed by atoms with E-state index in [1.165, 1.54) is 6.20 Å². The van der Waals surface area contributed by atoms with E-state index in [0.717, 1.165) is 5.52 Å². The van der Waals surface area contributed by atoms with Crippen molar-refractivity contribution in [3.05, 3.63) is 36.3 Å². The number of carbonyl (C=O) groups excluding carboxylic acids is 1. The zero-order valence-corrected chi connectivity index (χ0v) is 6.77. The van der Waals surface area contributed by atoms with Crippen LogP contribution in [0.4, 0.5) is 0 Å². The molecule has 1 amide bonds. The Labute approximate surface area is 74.4 Å². The maximum atomic E-state index is 10.9. The number of fused-ring (bicyclic) bond motifs is 1. The fraction of sp³-hybridized carbons (Fsp3) is 0. The molecule has 64 valence electrons. The van der Waals surface area contributed by atoms with Crippen LogP contribution >= 0.6 is 0 Å². The molecule has 0 radical (unpaired) electrons. The van der Waals surface area contributed by atoms with Gasteiger partial charge in [-0.2, -0.15) is 0 Å². The van der Waals surface area contributed by atoms with Crippen LogP contribution < -0.4 is 5.73 Å². The van der Waals surface area contributed by atoms with Crippen molar-refractivity contribution < 1.29 is 4.79 Å². The summed E-state index contributed by atoms with van der Waals surface area (Å²) >= 11 is 0. The Kier molecular flexibility index (Phi) is 1.66. The first kappa shape index (κ1) is 7.67. The minimum absolute atomic E-state index is 0.269. The van der Waals surface area contributed by atoms with Crippen LogP contribution in [0.5, 0.6) is 0 Å². The van der Waals surface area contributed by atoms with Crippen LogP contribution in [0.3, 0.4) is 0 Å². The summed E-state index contributed by atoms with van der Waals surface area (Å²) in [5, 5.41) is 0.692. The van der Waals surface area contributed by atoms with Gasteiger partial charge < -0.3 is 5.73 Å². The van der Waals surface area contributed by atoms with Gasteiger partial charge in [-0.25, -0.2) is 0 Å². The van der Waals surface area contributed by atoms with Crippen LogP contribution in [-0.4, -0.2) is 15.9 Å². The third kappa shape index (κ3) is 1.22. The molecule has 2 rings (SSSR count). The van der Waals surface area contributed by atoms with E-state index < -0.39 is 5.91 Å². The van der Waals surface area contributed by atoms with Crippen molar-refractivity contribution in [3.63, 3.8) is 0 Å². The molecule has 0 aliphatic rings. The van der Waals surface area contributed by atoms with Crippen LogP contribution in [0.1, 0.15) is 10.5 Å². The van der Waals surface area contributed by atoms with E-state index in [1.54, 1.807) is 24.4 Å². The first-order valence-electron chi connectivity index (χ1n) is 3.78. The number of aromatic nitrogens is 2. The minimum atomic E-state index is -0.529. The minimum Gasteiger partial charge on any atom is -0.364 e. The molecule has 0 atom stereocenters. The molecule has 0 fully saturated rings. The SMILES string of the molecule is NC(=O)c1nccc2ncccc12. The lowest BCUT2D eigenvalue weighted by molar-refractivity contribution is 0.0997. The van der Waals surface area contributed by atoms with Gasteiger partial charge in [-0.3, -0.25) is 14.8 Å². The van der Waals surface area contributed by atoms with Gasteiger partial charge in [0.15, 0.2) is 0 Å². The molecule has 0 aliphatic carbocycles. The Morgan fingerprint density at radius 2 is 2.08 bits per heavy atom. The number of pyridine rings is 2. The number of nitrogens with two attached hydrogens (primary N) is 1. The summed E-state index contributed by atoms with van der Waals surface area (Å²) in [6.45, 7) is 0. The van der Waals surface area contributed by atoms with Crippen molar-refractivity contribution >= 4 is 16.8 Å². The molecule has 0 aromatic carbocycles. The van der Waals surface area contributed by atoms with Gasteiger partial charge in [0.05, 0.1) is 5.52 Å². The lowest BCUT2D eigenvalue weighted by Crippen LogP contribution is -2.13. The zero-order chi connectivity index (χ0) is 9.26. The van der Waals surface area contributed by atoms with Gasteiger partial charge in [0, 0.05) is 17.8 Å². The van der Waals surface area contributed by atoms with Gasteiger partial charge in [-0.1, -0.05) is 0 Å². The van der Waals surface area contributed by atoms with Crippen molar-refractivity contribution in [1.29, 1.82) is 0 Å². The fourth-order valence-corrected chi connectivity index (χ4v) is 1.20. The Bertz CT molecular complexity index is 462. The summed E-state index contributed by atoms with van der Waals surface area (Å²) in [5.74, 6) is -0.529. The molecule has 0 bridgehead atoms. The van der Waals surface area contributed by atoms with E-state index in [0.29, 0.717) is 5.39 Å². The highest BCUT2D eigenvalue weighted by Gasteiger charge is 2.06. The lowest BCUT2D eigenvalue weighted by Gasteiger charge is -1.99. The van der Waals surface area contributed by atoms with Crippen LogP contribution in [0.15, 0.2) is 30.6 Å². The van der Waals surface area contributed by atoms with E-state index in [9.17, 15) is 4.79 Å². The molecule has 0 saturated heterocycles. The average molecular weight is 173 g/mol. The predicted octanol–water partition coefficient (Wildman–Crippen LogP) is 0.729. The number of amides is 1. The highest BCUT2D eigenvalue weighted by molar-refractivity contribution is 6.03. The first-order valence-corrected chi connectivity index (χ1v) is 3.78. The molecule has 2 aromatic heterocycles. The molecule has 2 N–H and O–H groups in total. The van der Waals surface area contributed by atoms with E-state index in [4.69, 9.17) is 5.73 Å². The predicted molar refractivity (Wildman–Crippen MR) is 48.1 cm³/mol. The number of rotatable bonds is 1. The number of hydrogen-bond acceptors (Lipinski definition) is 3. The number of primary amides is 1. The Balaban J connectivity index is 2.83. The standard InChI is InChI=1S/C9H7N3O/c10-9(13)8-6-2-1-4-11-7(6)3-5-12-8/h1-5H,(H2,10,13). The summed E-state index contributed by atoms with van der Waals surface area (Å²) in [6.07, 6.45) is 3.18. The molecule has 2 heterocycles. The largest absolute Gasteiger partial charge is 0.364 e. The van der Waals surface area contributed by atoms with E-state index in [1.807, 2.05) is 0 Å². The average Bonchev–Trinajstić information content (AvgIpc) is 2.17. The van der Waals surface area contributed by atoms with Gasteiger partial charge >= 0.3 is 0 Å². The third-order valence-corrected chi connectivity index (χ3v) is 1.76. The Morgan fingerprint density at radius 1 is 1.23 bits per heavy atom. The molecular formula is C9H7N3O. The van der Waals surface area contributed by atoms with Gasteiger partial charge in [0.1, 0.15) is 5.69 Å². The number of hydrogen-bond donors (Lipinski definition) is 1. The van der Waals surface area contributed by atoms with Gasteiger partial charge in [0.25, 0.3) is 5.91 Å². The zero-order valence-electron chi connectivity index (χ0n) is 6.77. The highest BCUT2D eigenvalue weighted by Crippen LogP contribution is 2.12. The van der Waals surface area contributed by atoms with Crippen LogP contribution in [0, 0.1) is 0 Å². The van der Waals surface area contributed by atoms with Gasteiger partial charge in [0.2, 0.25) is 0 Å². The summed E-state index contributed by atoms with van der Waals surface area (Å²) in [6, 6.07) is 5.26. The molecule has 13 heavy (non-hydrogen) atoms. The Morgan fingerprint density at radius 3 is 2.85 bits per heavy atom. The van der Waals surface area contributed by atoms with Crippen molar-refractivity contribution in [2.45, 2.75) is 0 Å². The topological polar surface area (TPSA) is 68.9 Å². The first-order chi connectivity index (χ1) is 6.29. The molecule has 0 aliphatic heterocycles. The molecule has 4 nitrogen and oxygen atoms in total. The van der Waals surface area contributed by atoms with Gasteiger partial charge in [-0.15, -0.1) is 0 Å². The molecule has 4 heteroatoms. The molecule has 0 saturated carbocycles. The summed E-state index contributed by atoms with van der Waals surface area (Å²) in [5.41, 5.74) is 6.15. The quantitative estimate of drug-likeness (QED) is 0.691. The van der Waals surface area contributed by atoms with Crippen molar-refractivity contribution in [2.75, 3.05) is 0 Å². The monoisotopic (exact) mass is 173 g/mol.